The summed E-state index contributed by atoms with van der Waals surface area (Å²) < 4.78 is 19.8. The fraction of sp³-hybridized carbons (Fsp3) is 0.522. The van der Waals surface area contributed by atoms with Crippen LogP contribution in [-0.2, 0) is 20.5 Å². The Labute approximate surface area is 181 Å². The summed E-state index contributed by atoms with van der Waals surface area (Å²) in [7, 11) is 0.431. The van der Waals surface area contributed by atoms with Crippen LogP contribution in [0.25, 0.3) is 0 Å². The molecule has 164 valence electrons. The van der Waals surface area contributed by atoms with E-state index in [0.717, 1.165) is 54.0 Å². The molecular formula is C23H32N2O4S. The van der Waals surface area contributed by atoms with Crippen LogP contribution in [0.5, 0.6) is 0 Å². The van der Waals surface area contributed by atoms with Gasteiger partial charge in [0.15, 0.2) is 11.0 Å². The van der Waals surface area contributed by atoms with E-state index in [0.29, 0.717) is 19.4 Å². The molecule has 0 fully saturated rings. The molecule has 2 N–H and O–H groups in total. The molecule has 1 aromatic carbocycles. The third kappa shape index (κ3) is 5.20. The van der Waals surface area contributed by atoms with E-state index >= 15 is 0 Å². The molecule has 2 aliphatic rings. The number of aliphatic hydroxyl groups excluding tert-OH is 1. The number of carbonyl (C=O) groups excluding carboxylic acids is 1. The molecule has 3 rings (SSSR count). The second kappa shape index (κ2) is 10.9. The molecular weight excluding hydrogens is 400 g/mol. The highest BCUT2D eigenvalue weighted by Crippen LogP contribution is 2.39. The van der Waals surface area contributed by atoms with Gasteiger partial charge in [0.1, 0.15) is 0 Å². The van der Waals surface area contributed by atoms with Gasteiger partial charge in [0.05, 0.1) is 29.3 Å². The van der Waals surface area contributed by atoms with Gasteiger partial charge in [-0.1, -0.05) is 43.2 Å². The monoisotopic (exact) mass is 432 g/mol. The maximum absolute atomic E-state index is 13.1. The Morgan fingerprint density at radius 3 is 2.83 bits per heavy atom. The number of ether oxygens (including phenoxy) is 1. The molecule has 0 radical (unpaired) electrons. The highest BCUT2D eigenvalue weighted by atomic mass is 32.2. The highest BCUT2D eigenvalue weighted by molar-refractivity contribution is 7.82. The van der Waals surface area contributed by atoms with E-state index in [1.165, 1.54) is 0 Å². The minimum absolute atomic E-state index is 0.115. The van der Waals surface area contributed by atoms with Crippen LogP contribution >= 0.6 is 0 Å². The average molecular weight is 433 g/mol. The predicted octanol–water partition coefficient (Wildman–Crippen LogP) is 3.37. The molecule has 1 aliphatic heterocycles. The molecule has 1 aliphatic carbocycles. The van der Waals surface area contributed by atoms with E-state index < -0.39 is 17.1 Å². The van der Waals surface area contributed by atoms with Gasteiger partial charge in [-0.3, -0.25) is 9.10 Å². The molecule has 1 aromatic rings. The Hall–Kier alpha value is -1.96. The van der Waals surface area contributed by atoms with Crippen molar-refractivity contribution in [2.45, 2.75) is 62.5 Å². The largest absolute Gasteiger partial charge is 0.466 e. The summed E-state index contributed by atoms with van der Waals surface area (Å²) in [5.74, 6) is -0.120. The number of hydrogen-bond acceptors (Lipinski definition) is 5. The first-order chi connectivity index (χ1) is 14.5. The predicted molar refractivity (Wildman–Crippen MR) is 118 cm³/mol. The molecule has 30 heavy (non-hydrogen) atoms. The Morgan fingerprint density at radius 2 is 2.03 bits per heavy atom. The minimum Gasteiger partial charge on any atom is -0.466 e. The summed E-state index contributed by atoms with van der Waals surface area (Å²) in [4.78, 5) is 12.2. The lowest BCUT2D eigenvalue weighted by Gasteiger charge is -2.29. The number of hydrogen-bond donors (Lipinski definition) is 2. The fourth-order valence-electron chi connectivity index (χ4n) is 4.08. The summed E-state index contributed by atoms with van der Waals surface area (Å²) in [6, 6.07) is 7.68. The van der Waals surface area contributed by atoms with Crippen molar-refractivity contribution in [2.24, 2.45) is 0 Å². The van der Waals surface area contributed by atoms with Gasteiger partial charge in [0.25, 0.3) is 0 Å². The number of carbonyl (C=O) groups is 1. The third-order valence-corrected chi connectivity index (χ3v) is 6.99. The molecule has 0 aromatic heterocycles. The van der Waals surface area contributed by atoms with Crippen LogP contribution in [0, 0.1) is 0 Å². The summed E-state index contributed by atoms with van der Waals surface area (Å²) in [6.07, 6.45) is 8.23. The first-order valence-electron chi connectivity index (χ1n) is 10.8. The van der Waals surface area contributed by atoms with E-state index in [4.69, 9.17) is 4.74 Å². The number of rotatable bonds is 9. The van der Waals surface area contributed by atoms with Crippen molar-refractivity contribution in [3.63, 3.8) is 0 Å². The van der Waals surface area contributed by atoms with Gasteiger partial charge in [-0.15, -0.1) is 0 Å². The van der Waals surface area contributed by atoms with Crippen LogP contribution in [0.2, 0.25) is 0 Å². The second-order valence-corrected chi connectivity index (χ2v) is 9.12. The number of fused-ring (bicyclic) bond motifs is 1. The van der Waals surface area contributed by atoms with Crippen molar-refractivity contribution in [1.29, 1.82) is 0 Å². The number of nitrogens with one attached hydrogen (secondary N) is 1. The number of aliphatic hydroxyl groups is 1. The average Bonchev–Trinajstić information content (AvgIpc) is 2.83. The molecule has 0 amide bonds. The van der Waals surface area contributed by atoms with Crippen LogP contribution in [0.15, 0.2) is 52.6 Å². The fourth-order valence-corrected chi connectivity index (χ4v) is 5.36. The first-order valence-corrected chi connectivity index (χ1v) is 11.9. The van der Waals surface area contributed by atoms with Crippen molar-refractivity contribution >= 4 is 17.0 Å². The Morgan fingerprint density at radius 1 is 1.27 bits per heavy atom. The maximum Gasteiger partial charge on any atom is 0.305 e. The number of nitrogens with zero attached hydrogens (tertiary/aromatic N) is 1. The Bertz CT molecular complexity index is 836. The van der Waals surface area contributed by atoms with Crippen LogP contribution in [0.4, 0.5) is 0 Å². The van der Waals surface area contributed by atoms with E-state index in [1.807, 2.05) is 37.3 Å². The highest BCUT2D eigenvalue weighted by Gasteiger charge is 2.34. The van der Waals surface area contributed by atoms with E-state index in [-0.39, 0.29) is 12.0 Å². The molecule has 7 heteroatoms. The standard InChI is InChI=1S/C23H32N2O4S/c1-3-29-21(27)15-6-4-5-9-16-24-22-17-11-7-8-14-20(17)30(28)25(2)23-18(22)12-10-13-19(23)26/h7-8,10-12,14,19,22,24,26H,3-6,9,13,15-16H2,1-2H3. The van der Waals surface area contributed by atoms with Crippen LogP contribution < -0.4 is 5.32 Å². The lowest BCUT2D eigenvalue weighted by Crippen LogP contribution is -2.32. The Balaban J connectivity index is 1.66. The topological polar surface area (TPSA) is 78.9 Å². The van der Waals surface area contributed by atoms with E-state index in [9.17, 15) is 14.1 Å². The summed E-state index contributed by atoms with van der Waals surface area (Å²) in [5.41, 5.74) is 2.71. The second-order valence-electron chi connectivity index (χ2n) is 7.64. The molecule has 0 saturated heterocycles. The normalized spacial score (nSPS) is 23.0. The SMILES string of the molecule is CCOC(=O)CCCCCCNC1C2=C(C(O)CC=C2)N(C)S(=O)c2ccccc21. The maximum atomic E-state index is 13.1. The quantitative estimate of drug-likeness (QED) is 0.462. The molecule has 0 saturated carbocycles. The summed E-state index contributed by atoms with van der Waals surface area (Å²) in [6.45, 7) is 3.06. The third-order valence-electron chi connectivity index (χ3n) is 5.55. The minimum atomic E-state index is -1.36. The van der Waals surface area contributed by atoms with Crippen molar-refractivity contribution in [2.75, 3.05) is 20.2 Å². The van der Waals surface area contributed by atoms with Gasteiger partial charge < -0.3 is 15.2 Å². The van der Waals surface area contributed by atoms with E-state index in [2.05, 4.69) is 11.4 Å². The van der Waals surface area contributed by atoms with Crippen molar-refractivity contribution in [3.8, 4) is 0 Å². The van der Waals surface area contributed by atoms with Gasteiger partial charge in [0.2, 0.25) is 0 Å². The lowest BCUT2D eigenvalue weighted by molar-refractivity contribution is -0.143. The molecule has 6 nitrogen and oxygen atoms in total. The van der Waals surface area contributed by atoms with Crippen LogP contribution in [-0.4, -0.2) is 45.9 Å². The first kappa shape index (κ1) is 22.7. The van der Waals surface area contributed by atoms with Gasteiger partial charge in [-0.25, -0.2) is 4.21 Å². The zero-order valence-corrected chi connectivity index (χ0v) is 18.6. The molecule has 0 spiro atoms. The lowest BCUT2D eigenvalue weighted by atomic mass is 9.90. The van der Waals surface area contributed by atoms with Crippen LogP contribution in [0.3, 0.4) is 0 Å². The zero-order chi connectivity index (χ0) is 21.5. The van der Waals surface area contributed by atoms with Gasteiger partial charge in [0, 0.05) is 13.5 Å². The molecule has 3 atom stereocenters. The zero-order valence-electron chi connectivity index (χ0n) is 17.8. The number of likely N-dealkylation sites (N-methyl/N-ethyl adjacent to an activating group) is 1. The van der Waals surface area contributed by atoms with Gasteiger partial charge >= 0.3 is 5.97 Å². The van der Waals surface area contributed by atoms with Gasteiger partial charge in [-0.05, 0) is 49.9 Å². The van der Waals surface area contributed by atoms with Gasteiger partial charge in [-0.2, -0.15) is 0 Å². The summed E-state index contributed by atoms with van der Waals surface area (Å²) in [5, 5.41) is 14.2. The van der Waals surface area contributed by atoms with Crippen molar-refractivity contribution in [3.05, 3.63) is 53.3 Å². The number of unbranched alkanes of at least 4 members (excludes halogenated alkanes) is 3. The van der Waals surface area contributed by atoms with Crippen molar-refractivity contribution in [1.82, 2.24) is 9.62 Å². The number of esters is 1. The van der Waals surface area contributed by atoms with Crippen LogP contribution in [0.1, 0.15) is 57.1 Å². The number of benzene rings is 1. The van der Waals surface area contributed by atoms with E-state index in [1.54, 1.807) is 11.4 Å². The molecule has 0 bridgehead atoms. The van der Waals surface area contributed by atoms with Crippen molar-refractivity contribution < 1.29 is 18.8 Å². The molecule has 1 heterocycles. The Kier molecular flexibility index (Phi) is 8.24. The molecule has 3 unspecified atom stereocenters. The summed E-state index contributed by atoms with van der Waals surface area (Å²) >= 11 is 0. The smallest absolute Gasteiger partial charge is 0.305 e.